The van der Waals surface area contributed by atoms with Crippen molar-refractivity contribution in [2.24, 2.45) is 0 Å². The predicted molar refractivity (Wildman–Crippen MR) is 61.2 cm³/mol. The normalized spacial score (nSPS) is 12.6. The second kappa shape index (κ2) is 5.75. The zero-order valence-corrected chi connectivity index (χ0v) is 10.5. The summed E-state index contributed by atoms with van der Waals surface area (Å²) in [6, 6.07) is 1.49. The molecule has 3 nitrogen and oxygen atoms in total. The molecular weight excluding hydrogens is 260 g/mol. The number of nitrogens with zero attached hydrogens (tertiary/aromatic N) is 1. The molecule has 0 aliphatic heterocycles. The van der Waals surface area contributed by atoms with E-state index >= 15 is 0 Å². The van der Waals surface area contributed by atoms with Crippen molar-refractivity contribution < 1.29 is 9.47 Å². The van der Waals surface area contributed by atoms with Gasteiger partial charge in [-0.3, -0.25) is 0 Å². The molecule has 15 heavy (non-hydrogen) atoms. The topological polar surface area (TPSA) is 31.4 Å². The Kier molecular flexibility index (Phi) is 4.93. The van der Waals surface area contributed by atoms with Gasteiger partial charge in [-0.1, -0.05) is 34.8 Å². The number of aromatic nitrogens is 1. The van der Waals surface area contributed by atoms with E-state index < -0.39 is 0 Å². The van der Waals surface area contributed by atoms with Gasteiger partial charge in [0.25, 0.3) is 0 Å². The van der Waals surface area contributed by atoms with Crippen LogP contribution in [-0.4, -0.2) is 24.8 Å². The number of hydrogen-bond donors (Lipinski definition) is 0. The molecule has 1 aromatic rings. The summed E-state index contributed by atoms with van der Waals surface area (Å²) in [6.45, 7) is 2.28. The van der Waals surface area contributed by atoms with Crippen molar-refractivity contribution in [1.29, 1.82) is 0 Å². The maximum atomic E-state index is 5.87. The first-order chi connectivity index (χ1) is 7.04. The van der Waals surface area contributed by atoms with Gasteiger partial charge < -0.3 is 9.47 Å². The highest BCUT2D eigenvalue weighted by atomic mass is 35.5. The Bertz CT molecular complexity index is 346. The lowest BCUT2D eigenvalue weighted by Crippen LogP contribution is -2.18. The lowest BCUT2D eigenvalue weighted by atomic mass is 10.4. The molecule has 1 atom stereocenters. The van der Waals surface area contributed by atoms with Crippen molar-refractivity contribution in [1.82, 2.24) is 4.98 Å². The standard InChI is InChI=1S/C9H10Cl3NO2/c1-5(4-14-2)15-9-7(11)3-6(10)8(12)13-9/h3,5H,4H2,1-2H3. The van der Waals surface area contributed by atoms with E-state index in [9.17, 15) is 0 Å². The summed E-state index contributed by atoms with van der Waals surface area (Å²) in [4.78, 5) is 3.92. The summed E-state index contributed by atoms with van der Waals surface area (Å²) in [5.41, 5.74) is 0. The van der Waals surface area contributed by atoms with E-state index in [2.05, 4.69) is 4.98 Å². The molecule has 0 aliphatic rings. The molecule has 1 heterocycles. The Hall–Kier alpha value is -0.220. The van der Waals surface area contributed by atoms with Crippen LogP contribution in [0, 0.1) is 0 Å². The number of methoxy groups -OCH3 is 1. The minimum Gasteiger partial charge on any atom is -0.471 e. The largest absolute Gasteiger partial charge is 0.471 e. The first-order valence-corrected chi connectivity index (χ1v) is 5.35. The quantitative estimate of drug-likeness (QED) is 0.785. The van der Waals surface area contributed by atoms with Gasteiger partial charge in [0.1, 0.15) is 11.1 Å². The molecule has 1 aromatic heterocycles. The average molecular weight is 271 g/mol. The second-order valence-corrected chi connectivity index (χ2v) is 4.10. The minimum absolute atomic E-state index is 0.155. The highest BCUT2D eigenvalue weighted by Gasteiger charge is 2.12. The van der Waals surface area contributed by atoms with E-state index in [0.29, 0.717) is 16.7 Å². The third-order valence-electron chi connectivity index (χ3n) is 1.57. The van der Waals surface area contributed by atoms with Crippen molar-refractivity contribution in [3.8, 4) is 5.88 Å². The van der Waals surface area contributed by atoms with Crippen LogP contribution in [0.15, 0.2) is 6.07 Å². The van der Waals surface area contributed by atoms with E-state index in [1.165, 1.54) is 6.07 Å². The molecule has 0 amide bonds. The molecule has 0 saturated heterocycles. The fourth-order valence-corrected chi connectivity index (χ4v) is 1.50. The summed E-state index contributed by atoms with van der Waals surface area (Å²) in [5, 5.41) is 0.793. The van der Waals surface area contributed by atoms with Gasteiger partial charge in [0.05, 0.1) is 11.6 Å². The first-order valence-electron chi connectivity index (χ1n) is 4.21. The maximum absolute atomic E-state index is 5.87. The van der Waals surface area contributed by atoms with Crippen LogP contribution in [-0.2, 0) is 4.74 Å². The van der Waals surface area contributed by atoms with Gasteiger partial charge in [0, 0.05) is 7.11 Å². The summed E-state index contributed by atoms with van der Waals surface area (Å²) in [5.74, 6) is 0.260. The molecule has 6 heteroatoms. The smallest absolute Gasteiger partial charge is 0.234 e. The van der Waals surface area contributed by atoms with Crippen LogP contribution in [0.5, 0.6) is 5.88 Å². The predicted octanol–water partition coefficient (Wildman–Crippen LogP) is 3.46. The molecular formula is C9H10Cl3NO2. The molecule has 0 spiro atoms. The molecule has 0 saturated carbocycles. The molecule has 0 aromatic carbocycles. The van der Waals surface area contributed by atoms with Crippen LogP contribution in [0.2, 0.25) is 15.2 Å². The SMILES string of the molecule is COCC(C)Oc1nc(Cl)c(Cl)cc1Cl. The lowest BCUT2D eigenvalue weighted by Gasteiger charge is -2.14. The Morgan fingerprint density at radius 2 is 2.00 bits per heavy atom. The molecule has 0 radical (unpaired) electrons. The van der Waals surface area contributed by atoms with E-state index in [0.717, 1.165) is 0 Å². The van der Waals surface area contributed by atoms with Crippen molar-refractivity contribution in [2.75, 3.05) is 13.7 Å². The second-order valence-electron chi connectivity index (χ2n) is 2.93. The highest BCUT2D eigenvalue weighted by Crippen LogP contribution is 2.30. The summed E-state index contributed by atoms with van der Waals surface area (Å²) in [6.07, 6.45) is -0.155. The zero-order valence-electron chi connectivity index (χ0n) is 8.26. The van der Waals surface area contributed by atoms with Crippen molar-refractivity contribution >= 4 is 34.8 Å². The van der Waals surface area contributed by atoms with Crippen LogP contribution in [0.4, 0.5) is 0 Å². The fraction of sp³-hybridized carbons (Fsp3) is 0.444. The minimum atomic E-state index is -0.155. The Labute approximate surface area is 103 Å². The maximum Gasteiger partial charge on any atom is 0.234 e. The molecule has 0 N–H and O–H groups in total. The Morgan fingerprint density at radius 3 is 2.60 bits per heavy atom. The van der Waals surface area contributed by atoms with E-state index in [1.54, 1.807) is 7.11 Å². The van der Waals surface area contributed by atoms with Crippen molar-refractivity contribution in [3.05, 3.63) is 21.3 Å². The Morgan fingerprint density at radius 1 is 1.33 bits per heavy atom. The highest BCUT2D eigenvalue weighted by molar-refractivity contribution is 6.42. The van der Waals surface area contributed by atoms with Gasteiger partial charge >= 0.3 is 0 Å². The molecule has 0 aliphatic carbocycles. The number of hydrogen-bond acceptors (Lipinski definition) is 3. The molecule has 1 rings (SSSR count). The van der Waals surface area contributed by atoms with E-state index in [1.807, 2.05) is 6.92 Å². The number of ether oxygens (including phenoxy) is 2. The third kappa shape index (κ3) is 3.68. The molecule has 0 bridgehead atoms. The van der Waals surface area contributed by atoms with Crippen LogP contribution in [0.1, 0.15) is 6.92 Å². The van der Waals surface area contributed by atoms with E-state index in [-0.39, 0.29) is 17.1 Å². The fourth-order valence-electron chi connectivity index (χ4n) is 0.970. The van der Waals surface area contributed by atoms with Crippen molar-refractivity contribution in [3.63, 3.8) is 0 Å². The Balaban J connectivity index is 2.81. The van der Waals surface area contributed by atoms with Gasteiger partial charge in [-0.15, -0.1) is 0 Å². The number of rotatable bonds is 4. The lowest BCUT2D eigenvalue weighted by molar-refractivity contribution is 0.0891. The van der Waals surface area contributed by atoms with Gasteiger partial charge in [0.2, 0.25) is 5.88 Å². The van der Waals surface area contributed by atoms with E-state index in [4.69, 9.17) is 44.3 Å². The van der Waals surface area contributed by atoms with Gasteiger partial charge in [-0.25, -0.2) is 0 Å². The van der Waals surface area contributed by atoms with Crippen LogP contribution in [0.25, 0.3) is 0 Å². The number of pyridine rings is 1. The van der Waals surface area contributed by atoms with Crippen LogP contribution < -0.4 is 4.74 Å². The monoisotopic (exact) mass is 269 g/mol. The van der Waals surface area contributed by atoms with Crippen LogP contribution >= 0.6 is 34.8 Å². The molecule has 1 unspecified atom stereocenters. The van der Waals surface area contributed by atoms with Gasteiger partial charge in [0.15, 0.2) is 5.15 Å². The average Bonchev–Trinajstić information content (AvgIpc) is 2.14. The van der Waals surface area contributed by atoms with Gasteiger partial charge in [-0.2, -0.15) is 4.98 Å². The van der Waals surface area contributed by atoms with Crippen LogP contribution in [0.3, 0.4) is 0 Å². The zero-order chi connectivity index (χ0) is 11.4. The summed E-state index contributed by atoms with van der Waals surface area (Å²) < 4.78 is 10.3. The first kappa shape index (κ1) is 12.8. The number of halogens is 3. The van der Waals surface area contributed by atoms with Gasteiger partial charge in [-0.05, 0) is 13.0 Å². The molecule has 84 valence electrons. The third-order valence-corrected chi connectivity index (χ3v) is 2.51. The van der Waals surface area contributed by atoms with Crippen molar-refractivity contribution in [2.45, 2.75) is 13.0 Å². The summed E-state index contributed by atoms with van der Waals surface area (Å²) >= 11 is 17.3. The molecule has 0 fully saturated rings. The summed E-state index contributed by atoms with van der Waals surface area (Å²) in [7, 11) is 1.59.